The standard InChI is InChI=1S/C10H23NO/c1-4-6-7-9(12)10(11)8(3)5-2/h8-10,12H,4-7,11H2,1-3H3/t8-,9?,10-/m0/s1. The number of aliphatic hydroxyl groups excluding tert-OH is 1. The summed E-state index contributed by atoms with van der Waals surface area (Å²) in [5.74, 6) is 0.428. The Morgan fingerprint density at radius 1 is 1.33 bits per heavy atom. The van der Waals surface area contributed by atoms with E-state index in [1.54, 1.807) is 0 Å². The zero-order chi connectivity index (χ0) is 9.56. The van der Waals surface area contributed by atoms with Crippen LogP contribution in [0.25, 0.3) is 0 Å². The van der Waals surface area contributed by atoms with Gasteiger partial charge in [0, 0.05) is 6.04 Å². The molecule has 0 amide bonds. The molecule has 1 unspecified atom stereocenters. The predicted octanol–water partition coefficient (Wildman–Crippen LogP) is 1.91. The molecule has 2 heteroatoms. The highest BCUT2D eigenvalue weighted by molar-refractivity contribution is 4.76. The molecule has 0 aliphatic heterocycles. The van der Waals surface area contributed by atoms with Gasteiger partial charge in [0.15, 0.2) is 0 Å². The Morgan fingerprint density at radius 2 is 1.92 bits per heavy atom. The second-order valence-electron chi connectivity index (χ2n) is 3.67. The van der Waals surface area contributed by atoms with Gasteiger partial charge in [0.25, 0.3) is 0 Å². The number of nitrogens with two attached hydrogens (primary N) is 1. The summed E-state index contributed by atoms with van der Waals surface area (Å²) < 4.78 is 0. The first-order valence-electron chi connectivity index (χ1n) is 5.07. The molecule has 0 rings (SSSR count). The molecule has 12 heavy (non-hydrogen) atoms. The Hall–Kier alpha value is -0.0800. The van der Waals surface area contributed by atoms with Gasteiger partial charge in [-0.15, -0.1) is 0 Å². The third-order valence-electron chi connectivity index (χ3n) is 2.60. The zero-order valence-corrected chi connectivity index (χ0v) is 8.59. The molecule has 0 aliphatic rings. The third kappa shape index (κ3) is 4.07. The lowest BCUT2D eigenvalue weighted by Gasteiger charge is -2.23. The van der Waals surface area contributed by atoms with Crippen molar-refractivity contribution in [1.29, 1.82) is 0 Å². The summed E-state index contributed by atoms with van der Waals surface area (Å²) in [5.41, 5.74) is 5.86. The van der Waals surface area contributed by atoms with Gasteiger partial charge in [0.05, 0.1) is 6.10 Å². The largest absolute Gasteiger partial charge is 0.392 e. The summed E-state index contributed by atoms with van der Waals surface area (Å²) in [7, 11) is 0. The Labute approximate surface area is 76.2 Å². The monoisotopic (exact) mass is 173 g/mol. The third-order valence-corrected chi connectivity index (χ3v) is 2.60. The summed E-state index contributed by atoms with van der Waals surface area (Å²) in [5, 5.41) is 9.63. The van der Waals surface area contributed by atoms with E-state index in [2.05, 4.69) is 20.8 Å². The van der Waals surface area contributed by atoms with Gasteiger partial charge in [-0.2, -0.15) is 0 Å². The van der Waals surface area contributed by atoms with Crippen LogP contribution in [0, 0.1) is 5.92 Å². The van der Waals surface area contributed by atoms with Gasteiger partial charge in [0.2, 0.25) is 0 Å². The molecule has 3 atom stereocenters. The van der Waals surface area contributed by atoms with E-state index in [9.17, 15) is 5.11 Å². The molecule has 2 nitrogen and oxygen atoms in total. The SMILES string of the molecule is CCCCC(O)[C@@H](N)[C@@H](C)CC. The maximum absolute atomic E-state index is 9.63. The number of hydrogen-bond donors (Lipinski definition) is 2. The molecule has 0 heterocycles. The van der Waals surface area contributed by atoms with Crippen molar-refractivity contribution in [2.24, 2.45) is 11.7 Å². The average Bonchev–Trinajstić information content (AvgIpc) is 2.11. The van der Waals surface area contributed by atoms with Crippen LogP contribution in [-0.4, -0.2) is 17.3 Å². The Morgan fingerprint density at radius 3 is 2.33 bits per heavy atom. The van der Waals surface area contributed by atoms with Crippen molar-refractivity contribution in [3.8, 4) is 0 Å². The Kier molecular flexibility index (Phi) is 6.39. The van der Waals surface area contributed by atoms with Crippen molar-refractivity contribution >= 4 is 0 Å². The first-order valence-corrected chi connectivity index (χ1v) is 5.07. The minimum Gasteiger partial charge on any atom is -0.392 e. The molecule has 0 aromatic carbocycles. The van der Waals surface area contributed by atoms with E-state index in [1.165, 1.54) is 0 Å². The van der Waals surface area contributed by atoms with Crippen molar-refractivity contribution in [1.82, 2.24) is 0 Å². The maximum atomic E-state index is 9.63. The highest BCUT2D eigenvalue weighted by Gasteiger charge is 2.18. The number of rotatable bonds is 6. The van der Waals surface area contributed by atoms with Gasteiger partial charge in [0.1, 0.15) is 0 Å². The molecule has 0 radical (unpaired) electrons. The molecule has 0 bridgehead atoms. The summed E-state index contributed by atoms with van der Waals surface area (Å²) in [6.45, 7) is 6.33. The van der Waals surface area contributed by atoms with Crippen LogP contribution in [0.2, 0.25) is 0 Å². The van der Waals surface area contributed by atoms with E-state index in [0.717, 1.165) is 25.7 Å². The molecular formula is C10H23NO. The van der Waals surface area contributed by atoms with E-state index in [4.69, 9.17) is 5.73 Å². The molecule has 74 valence electrons. The Balaban J connectivity index is 3.67. The predicted molar refractivity (Wildman–Crippen MR) is 53.0 cm³/mol. The van der Waals surface area contributed by atoms with Crippen molar-refractivity contribution in [2.75, 3.05) is 0 Å². The lowest BCUT2D eigenvalue weighted by molar-refractivity contribution is 0.108. The van der Waals surface area contributed by atoms with E-state index in [1.807, 2.05) is 0 Å². The summed E-state index contributed by atoms with van der Waals surface area (Å²) in [4.78, 5) is 0. The maximum Gasteiger partial charge on any atom is 0.0693 e. The van der Waals surface area contributed by atoms with Crippen LogP contribution < -0.4 is 5.73 Å². The second-order valence-corrected chi connectivity index (χ2v) is 3.67. The molecule has 0 spiro atoms. The minimum atomic E-state index is -0.306. The fourth-order valence-electron chi connectivity index (χ4n) is 1.26. The molecule has 3 N–H and O–H groups in total. The molecular weight excluding hydrogens is 150 g/mol. The van der Waals surface area contributed by atoms with Crippen LogP contribution in [0.1, 0.15) is 46.5 Å². The minimum absolute atomic E-state index is 0.0402. The van der Waals surface area contributed by atoms with Gasteiger partial charge in [-0.05, 0) is 12.3 Å². The zero-order valence-electron chi connectivity index (χ0n) is 8.59. The number of hydrogen-bond acceptors (Lipinski definition) is 2. The highest BCUT2D eigenvalue weighted by Crippen LogP contribution is 2.13. The topological polar surface area (TPSA) is 46.2 Å². The first-order chi connectivity index (χ1) is 5.63. The van der Waals surface area contributed by atoms with E-state index in [-0.39, 0.29) is 12.1 Å². The Bertz CT molecular complexity index is 106. The smallest absolute Gasteiger partial charge is 0.0693 e. The van der Waals surface area contributed by atoms with Gasteiger partial charge < -0.3 is 10.8 Å². The fraction of sp³-hybridized carbons (Fsp3) is 1.00. The van der Waals surface area contributed by atoms with Crippen LogP contribution in [0.3, 0.4) is 0 Å². The molecule has 0 aromatic rings. The van der Waals surface area contributed by atoms with Crippen LogP contribution in [0.4, 0.5) is 0 Å². The normalized spacial score (nSPS) is 18.8. The van der Waals surface area contributed by atoms with E-state index < -0.39 is 0 Å². The molecule has 0 saturated heterocycles. The highest BCUT2D eigenvalue weighted by atomic mass is 16.3. The molecule has 0 aliphatic carbocycles. The average molecular weight is 173 g/mol. The lowest BCUT2D eigenvalue weighted by Crippen LogP contribution is -2.39. The van der Waals surface area contributed by atoms with Crippen LogP contribution in [-0.2, 0) is 0 Å². The molecule has 0 fully saturated rings. The van der Waals surface area contributed by atoms with Crippen molar-refractivity contribution in [3.63, 3.8) is 0 Å². The van der Waals surface area contributed by atoms with Gasteiger partial charge in [-0.3, -0.25) is 0 Å². The van der Waals surface area contributed by atoms with E-state index >= 15 is 0 Å². The van der Waals surface area contributed by atoms with Gasteiger partial charge in [-0.1, -0.05) is 40.0 Å². The van der Waals surface area contributed by atoms with Gasteiger partial charge in [-0.25, -0.2) is 0 Å². The van der Waals surface area contributed by atoms with Crippen molar-refractivity contribution < 1.29 is 5.11 Å². The second kappa shape index (κ2) is 6.44. The van der Waals surface area contributed by atoms with Crippen LogP contribution >= 0.6 is 0 Å². The first kappa shape index (κ1) is 11.9. The number of aliphatic hydroxyl groups is 1. The lowest BCUT2D eigenvalue weighted by atomic mass is 9.93. The summed E-state index contributed by atoms with van der Waals surface area (Å²) >= 11 is 0. The summed E-state index contributed by atoms with van der Waals surface area (Å²) in [6, 6.07) is -0.0402. The van der Waals surface area contributed by atoms with Gasteiger partial charge >= 0.3 is 0 Å². The van der Waals surface area contributed by atoms with Crippen LogP contribution in [0.15, 0.2) is 0 Å². The number of unbranched alkanes of at least 4 members (excludes halogenated alkanes) is 1. The molecule has 0 saturated carbocycles. The van der Waals surface area contributed by atoms with Crippen LogP contribution in [0.5, 0.6) is 0 Å². The summed E-state index contributed by atoms with van der Waals surface area (Å²) in [6.07, 6.45) is 3.79. The van der Waals surface area contributed by atoms with Crippen molar-refractivity contribution in [3.05, 3.63) is 0 Å². The molecule has 0 aromatic heterocycles. The quantitative estimate of drug-likeness (QED) is 0.644. The van der Waals surface area contributed by atoms with Crippen molar-refractivity contribution in [2.45, 2.75) is 58.6 Å². The fourth-order valence-corrected chi connectivity index (χ4v) is 1.26. The van der Waals surface area contributed by atoms with E-state index in [0.29, 0.717) is 5.92 Å².